The minimum Gasteiger partial charge on any atom is -0.484 e. The number of aryl methyl sites for hydroxylation is 3. The van der Waals surface area contributed by atoms with E-state index in [4.69, 9.17) is 21.4 Å². The predicted octanol–water partition coefficient (Wildman–Crippen LogP) is 4.15. The van der Waals surface area contributed by atoms with Crippen molar-refractivity contribution in [1.82, 2.24) is 9.88 Å². The molecule has 39 heavy (non-hydrogen) atoms. The molecular formula is C30H41N5O4. The Labute approximate surface area is 230 Å². The third-order valence-corrected chi connectivity index (χ3v) is 7.12. The summed E-state index contributed by atoms with van der Waals surface area (Å²) in [7, 11) is 1.77. The maximum absolute atomic E-state index is 11.8. The van der Waals surface area contributed by atoms with Crippen LogP contribution in [0.15, 0.2) is 53.3 Å². The SMILES string of the molecule is CC[C@@]1(C)CN(Cc2cc(CCC(=O)O)ccc2C)Cc2[nH]c(=O)ccc2O1.Cc1cccc(N(C)N)c1N. The van der Waals surface area contributed by atoms with Gasteiger partial charge in [-0.3, -0.25) is 14.5 Å². The van der Waals surface area contributed by atoms with Crippen LogP contribution in [0.1, 0.15) is 54.6 Å². The number of hydrogen-bond donors (Lipinski definition) is 4. The largest absolute Gasteiger partial charge is 0.484 e. The van der Waals surface area contributed by atoms with Crippen molar-refractivity contribution >= 4 is 17.3 Å². The lowest BCUT2D eigenvalue weighted by Crippen LogP contribution is -2.42. The van der Waals surface area contributed by atoms with Crippen molar-refractivity contribution in [3.63, 3.8) is 0 Å². The van der Waals surface area contributed by atoms with Crippen LogP contribution in [0.5, 0.6) is 5.75 Å². The van der Waals surface area contributed by atoms with Crippen molar-refractivity contribution in [2.45, 2.75) is 65.6 Å². The van der Waals surface area contributed by atoms with E-state index in [1.54, 1.807) is 13.1 Å². The van der Waals surface area contributed by atoms with Gasteiger partial charge >= 0.3 is 5.97 Å². The molecule has 2 aromatic carbocycles. The molecule has 0 aliphatic carbocycles. The fourth-order valence-electron chi connectivity index (χ4n) is 4.58. The highest BCUT2D eigenvalue weighted by atomic mass is 16.5. The summed E-state index contributed by atoms with van der Waals surface area (Å²) in [6.07, 6.45) is 1.50. The van der Waals surface area contributed by atoms with Crippen molar-refractivity contribution in [3.8, 4) is 5.75 Å². The molecule has 2 heterocycles. The number of carbonyl (C=O) groups is 1. The summed E-state index contributed by atoms with van der Waals surface area (Å²) in [5.74, 6) is 5.49. The number of ether oxygens (including phenoxy) is 1. The van der Waals surface area contributed by atoms with Crippen LogP contribution >= 0.6 is 0 Å². The number of carboxylic acids is 1. The van der Waals surface area contributed by atoms with Crippen LogP contribution in [-0.2, 0) is 24.3 Å². The Morgan fingerprint density at radius 2 is 1.92 bits per heavy atom. The summed E-state index contributed by atoms with van der Waals surface area (Å²) in [6, 6.07) is 15.2. The number of hydrazine groups is 1. The van der Waals surface area contributed by atoms with Crippen LogP contribution in [0.3, 0.4) is 0 Å². The lowest BCUT2D eigenvalue weighted by Gasteiger charge is -2.32. The average Bonchev–Trinajstić information content (AvgIpc) is 3.01. The normalized spacial score (nSPS) is 16.8. The van der Waals surface area contributed by atoms with E-state index in [-0.39, 0.29) is 17.6 Å². The van der Waals surface area contributed by atoms with Crippen LogP contribution < -0.4 is 26.9 Å². The number of nitrogens with two attached hydrogens (primary N) is 2. The molecule has 0 saturated heterocycles. The molecule has 9 nitrogen and oxygen atoms in total. The monoisotopic (exact) mass is 535 g/mol. The van der Waals surface area contributed by atoms with Crippen molar-refractivity contribution in [3.05, 3.63) is 86.8 Å². The van der Waals surface area contributed by atoms with E-state index in [1.165, 1.54) is 22.2 Å². The number of nitrogens with one attached hydrogen (secondary N) is 1. The van der Waals surface area contributed by atoms with Gasteiger partial charge in [-0.15, -0.1) is 0 Å². The fourth-order valence-corrected chi connectivity index (χ4v) is 4.58. The lowest BCUT2D eigenvalue weighted by molar-refractivity contribution is -0.136. The minimum absolute atomic E-state index is 0.128. The van der Waals surface area contributed by atoms with Gasteiger partial charge in [0.1, 0.15) is 11.4 Å². The van der Waals surface area contributed by atoms with Crippen LogP contribution in [0.4, 0.5) is 11.4 Å². The van der Waals surface area contributed by atoms with Gasteiger partial charge in [-0.2, -0.15) is 0 Å². The van der Waals surface area contributed by atoms with Gasteiger partial charge in [0, 0.05) is 39.2 Å². The van der Waals surface area contributed by atoms with E-state index >= 15 is 0 Å². The smallest absolute Gasteiger partial charge is 0.303 e. The number of aromatic nitrogens is 1. The molecule has 1 atom stereocenters. The molecule has 1 aliphatic heterocycles. The van der Waals surface area contributed by atoms with Gasteiger partial charge in [-0.05, 0) is 68.0 Å². The first kappa shape index (κ1) is 29.7. The molecule has 4 rings (SSSR count). The first-order valence-corrected chi connectivity index (χ1v) is 13.2. The number of carboxylic acid groups (broad SMARTS) is 1. The molecule has 6 N–H and O–H groups in total. The topological polar surface area (TPSA) is 138 Å². The van der Waals surface area contributed by atoms with Crippen LogP contribution in [0.25, 0.3) is 0 Å². The van der Waals surface area contributed by atoms with E-state index in [1.807, 2.05) is 31.2 Å². The third kappa shape index (κ3) is 8.08. The lowest BCUT2D eigenvalue weighted by atomic mass is 9.99. The van der Waals surface area contributed by atoms with E-state index in [0.29, 0.717) is 19.5 Å². The Balaban J connectivity index is 0.000000320. The molecule has 0 spiro atoms. The maximum atomic E-state index is 11.8. The number of aromatic amines is 1. The number of rotatable bonds is 7. The van der Waals surface area contributed by atoms with Crippen molar-refractivity contribution in [2.75, 3.05) is 24.3 Å². The highest BCUT2D eigenvalue weighted by Gasteiger charge is 2.32. The number of anilines is 2. The zero-order chi connectivity index (χ0) is 28.7. The second kappa shape index (κ2) is 12.8. The van der Waals surface area contributed by atoms with Gasteiger partial charge < -0.3 is 25.6 Å². The van der Waals surface area contributed by atoms with Crippen LogP contribution in [-0.4, -0.2) is 40.2 Å². The molecule has 1 aliphatic rings. The Morgan fingerprint density at radius 3 is 2.56 bits per heavy atom. The summed E-state index contributed by atoms with van der Waals surface area (Å²) in [4.78, 5) is 27.9. The second-order valence-corrected chi connectivity index (χ2v) is 10.5. The third-order valence-electron chi connectivity index (χ3n) is 7.12. The summed E-state index contributed by atoms with van der Waals surface area (Å²) in [5.41, 5.74) is 12.1. The Bertz CT molecular complexity index is 1350. The van der Waals surface area contributed by atoms with Gasteiger partial charge in [-0.1, -0.05) is 37.3 Å². The molecule has 0 unspecified atom stereocenters. The molecule has 0 amide bonds. The average molecular weight is 536 g/mol. The number of pyridine rings is 1. The standard InChI is InChI=1S/C22H28N2O4.C8H13N3/c1-4-22(3)14-24(13-18-19(28-22)8-9-20(25)23-18)12-17-11-16(6-5-15(17)2)7-10-21(26)27;1-6-4-3-5-7(8(6)9)11(2)10/h5-6,8-9,11H,4,7,10,12-14H2,1-3H3,(H,23,25)(H,26,27);3-5H,9-10H2,1-2H3/t22-;/m0./s1. The molecule has 210 valence electrons. The Hall–Kier alpha value is -3.82. The summed E-state index contributed by atoms with van der Waals surface area (Å²) < 4.78 is 6.26. The number of nitrogens with zero attached hydrogens (tertiary/aromatic N) is 2. The Morgan fingerprint density at radius 1 is 1.18 bits per heavy atom. The minimum atomic E-state index is -0.786. The molecule has 3 aromatic rings. The van der Waals surface area contributed by atoms with E-state index < -0.39 is 5.97 Å². The van der Waals surface area contributed by atoms with E-state index in [9.17, 15) is 9.59 Å². The zero-order valence-electron chi connectivity index (χ0n) is 23.6. The molecule has 0 radical (unpaired) electrons. The van der Waals surface area contributed by atoms with Crippen molar-refractivity contribution in [1.29, 1.82) is 0 Å². The first-order valence-electron chi connectivity index (χ1n) is 13.2. The maximum Gasteiger partial charge on any atom is 0.303 e. The molecule has 0 bridgehead atoms. The molecule has 1 aromatic heterocycles. The molecular weight excluding hydrogens is 494 g/mol. The number of H-pyrrole nitrogens is 1. The van der Waals surface area contributed by atoms with E-state index in [2.05, 4.69) is 42.8 Å². The van der Waals surface area contributed by atoms with Gasteiger partial charge in [-0.25, -0.2) is 5.84 Å². The number of fused-ring (bicyclic) bond motifs is 1. The second-order valence-electron chi connectivity index (χ2n) is 10.5. The number of nitrogen functional groups attached to an aromatic ring is 1. The highest BCUT2D eigenvalue weighted by Crippen LogP contribution is 2.30. The molecule has 0 fully saturated rings. The number of benzene rings is 2. The summed E-state index contributed by atoms with van der Waals surface area (Å²) >= 11 is 0. The van der Waals surface area contributed by atoms with Gasteiger partial charge in [0.05, 0.1) is 17.1 Å². The molecule has 9 heteroatoms. The molecule has 0 saturated carbocycles. The summed E-state index contributed by atoms with van der Waals surface area (Å²) in [6.45, 7) is 10.3. The fraction of sp³-hybridized carbons (Fsp3) is 0.400. The highest BCUT2D eigenvalue weighted by molar-refractivity contribution is 5.69. The number of para-hydroxylation sites is 1. The number of aliphatic carboxylic acids is 1. The quantitative estimate of drug-likeness (QED) is 0.201. The zero-order valence-corrected chi connectivity index (χ0v) is 23.6. The van der Waals surface area contributed by atoms with Crippen molar-refractivity contribution < 1.29 is 14.6 Å². The van der Waals surface area contributed by atoms with E-state index in [0.717, 1.165) is 46.9 Å². The van der Waals surface area contributed by atoms with Gasteiger partial charge in [0.2, 0.25) is 5.56 Å². The van der Waals surface area contributed by atoms with Gasteiger partial charge in [0.15, 0.2) is 0 Å². The van der Waals surface area contributed by atoms with Gasteiger partial charge in [0.25, 0.3) is 0 Å². The predicted molar refractivity (Wildman–Crippen MR) is 156 cm³/mol. The first-order chi connectivity index (χ1) is 18.4. The van der Waals surface area contributed by atoms with Crippen LogP contribution in [0.2, 0.25) is 0 Å². The Kier molecular flexibility index (Phi) is 9.77. The van der Waals surface area contributed by atoms with Crippen LogP contribution in [0, 0.1) is 13.8 Å². The number of hydrogen-bond acceptors (Lipinski definition) is 7. The van der Waals surface area contributed by atoms with Crippen molar-refractivity contribution in [2.24, 2.45) is 5.84 Å². The summed E-state index contributed by atoms with van der Waals surface area (Å²) in [5, 5.41) is 10.5.